The monoisotopic (exact) mass is 230 g/mol. The minimum Gasteiger partial charge on any atom is -0.544 e. The van der Waals surface area contributed by atoms with Gasteiger partial charge in [-0.15, -0.1) is 0 Å². The van der Waals surface area contributed by atoms with Gasteiger partial charge in [-0.2, -0.15) is 0 Å². The first-order chi connectivity index (χ1) is 7.66. The van der Waals surface area contributed by atoms with Crippen molar-refractivity contribution in [2.24, 2.45) is 0 Å². The van der Waals surface area contributed by atoms with Crippen molar-refractivity contribution in [2.45, 2.75) is 25.6 Å². The van der Waals surface area contributed by atoms with Gasteiger partial charge in [0, 0.05) is 0 Å². The predicted molar refractivity (Wildman–Crippen MR) is 71.6 cm³/mol. The molecular formula is C14H18OSi. The zero-order chi connectivity index (χ0) is 11.4. The summed E-state index contributed by atoms with van der Waals surface area (Å²) < 4.78 is 6.01. The molecule has 1 heterocycles. The predicted octanol–water partition coefficient (Wildman–Crippen LogP) is 4.21. The summed E-state index contributed by atoms with van der Waals surface area (Å²) in [6, 6.07) is 11.6. The van der Waals surface area contributed by atoms with Crippen molar-refractivity contribution < 1.29 is 4.43 Å². The Morgan fingerprint density at radius 1 is 1.12 bits per heavy atom. The first-order valence-electron chi connectivity index (χ1n) is 5.78. The molecule has 0 spiro atoms. The largest absolute Gasteiger partial charge is 0.544 e. The van der Waals surface area contributed by atoms with Crippen LogP contribution in [0.2, 0.25) is 19.1 Å². The second kappa shape index (κ2) is 4.70. The fourth-order valence-electron chi connectivity index (χ4n) is 1.82. The van der Waals surface area contributed by atoms with Gasteiger partial charge in [0.25, 0.3) is 0 Å². The van der Waals surface area contributed by atoms with Crippen LogP contribution in [0.5, 0.6) is 0 Å². The van der Waals surface area contributed by atoms with E-state index in [2.05, 4.69) is 55.6 Å². The molecule has 0 fully saturated rings. The molecule has 0 radical (unpaired) electrons. The summed E-state index contributed by atoms with van der Waals surface area (Å²) in [4.78, 5) is 0. The molecule has 0 bridgehead atoms. The normalized spacial score (nSPS) is 19.2. The van der Waals surface area contributed by atoms with E-state index in [4.69, 9.17) is 4.43 Å². The molecule has 0 aliphatic carbocycles. The lowest BCUT2D eigenvalue weighted by atomic mass is 10.2. The quantitative estimate of drug-likeness (QED) is 0.692. The molecule has 1 aromatic rings. The molecule has 0 unspecified atom stereocenters. The van der Waals surface area contributed by atoms with E-state index in [1.807, 2.05) is 6.07 Å². The average Bonchev–Trinajstić information content (AvgIpc) is 2.27. The van der Waals surface area contributed by atoms with E-state index in [0.717, 1.165) is 12.2 Å². The van der Waals surface area contributed by atoms with Crippen molar-refractivity contribution in [1.82, 2.24) is 0 Å². The molecule has 84 valence electrons. The highest BCUT2D eigenvalue weighted by molar-refractivity contribution is 6.71. The number of benzene rings is 1. The molecule has 1 aliphatic rings. The molecule has 0 aromatic heterocycles. The maximum atomic E-state index is 6.01. The standard InChI is InChI=1S/C14H18OSi/c1-16(2)12-6-9-14(15-16)11-10-13-7-4-3-5-8-13/h3-5,7-11H,6,12H2,1-2H3. The Morgan fingerprint density at radius 3 is 2.56 bits per heavy atom. The van der Waals surface area contributed by atoms with Crippen molar-refractivity contribution in [2.75, 3.05) is 0 Å². The van der Waals surface area contributed by atoms with E-state index < -0.39 is 8.32 Å². The number of rotatable bonds is 2. The van der Waals surface area contributed by atoms with E-state index in [9.17, 15) is 0 Å². The lowest BCUT2D eigenvalue weighted by molar-refractivity contribution is 0.420. The summed E-state index contributed by atoms with van der Waals surface area (Å²) in [5, 5.41) is 0. The number of hydrogen-bond donors (Lipinski definition) is 0. The third-order valence-corrected chi connectivity index (χ3v) is 5.01. The number of allylic oxidation sites excluding steroid dienone is 2. The van der Waals surface area contributed by atoms with Gasteiger partial charge >= 0.3 is 0 Å². The van der Waals surface area contributed by atoms with Gasteiger partial charge in [0.2, 0.25) is 8.32 Å². The van der Waals surface area contributed by atoms with Crippen molar-refractivity contribution in [3.8, 4) is 0 Å². The van der Waals surface area contributed by atoms with Gasteiger partial charge in [-0.1, -0.05) is 36.4 Å². The third kappa shape index (κ3) is 3.10. The molecular weight excluding hydrogens is 212 g/mol. The molecule has 16 heavy (non-hydrogen) atoms. The van der Waals surface area contributed by atoms with E-state index >= 15 is 0 Å². The van der Waals surface area contributed by atoms with Crippen LogP contribution in [0.3, 0.4) is 0 Å². The molecule has 2 heteroatoms. The van der Waals surface area contributed by atoms with Crippen LogP contribution in [0.1, 0.15) is 12.0 Å². The summed E-state index contributed by atoms with van der Waals surface area (Å²) in [5.74, 6) is 1.05. The molecule has 0 saturated carbocycles. The molecule has 2 rings (SSSR count). The fraction of sp³-hybridized carbons (Fsp3) is 0.286. The Morgan fingerprint density at radius 2 is 1.88 bits per heavy atom. The summed E-state index contributed by atoms with van der Waals surface area (Å²) in [5.41, 5.74) is 1.22. The highest BCUT2D eigenvalue weighted by Gasteiger charge is 2.26. The topological polar surface area (TPSA) is 9.23 Å². The van der Waals surface area contributed by atoms with Crippen LogP contribution in [0.4, 0.5) is 0 Å². The van der Waals surface area contributed by atoms with E-state index in [1.165, 1.54) is 11.6 Å². The van der Waals surface area contributed by atoms with Crippen molar-refractivity contribution in [1.29, 1.82) is 0 Å². The van der Waals surface area contributed by atoms with Crippen LogP contribution in [-0.4, -0.2) is 8.32 Å². The highest BCUT2D eigenvalue weighted by atomic mass is 28.4. The first kappa shape index (κ1) is 11.2. The zero-order valence-corrected chi connectivity index (χ0v) is 10.9. The van der Waals surface area contributed by atoms with E-state index in [1.54, 1.807) is 0 Å². The van der Waals surface area contributed by atoms with Gasteiger partial charge < -0.3 is 4.43 Å². The molecule has 0 saturated heterocycles. The lowest BCUT2D eigenvalue weighted by Gasteiger charge is -2.28. The first-order valence-corrected chi connectivity index (χ1v) is 8.90. The van der Waals surface area contributed by atoms with Gasteiger partial charge in [0.1, 0.15) is 0 Å². The van der Waals surface area contributed by atoms with E-state index in [0.29, 0.717) is 0 Å². The van der Waals surface area contributed by atoms with Crippen LogP contribution in [-0.2, 0) is 4.43 Å². The molecule has 1 aliphatic heterocycles. The van der Waals surface area contributed by atoms with Gasteiger partial charge in [0.05, 0.1) is 5.76 Å². The second-order valence-corrected chi connectivity index (χ2v) is 8.97. The summed E-state index contributed by atoms with van der Waals surface area (Å²) in [7, 11) is -1.41. The van der Waals surface area contributed by atoms with Crippen LogP contribution in [0, 0.1) is 0 Å². The smallest absolute Gasteiger partial charge is 0.245 e. The van der Waals surface area contributed by atoms with E-state index in [-0.39, 0.29) is 0 Å². The Kier molecular flexibility index (Phi) is 3.30. The molecule has 0 atom stereocenters. The average molecular weight is 230 g/mol. The van der Waals surface area contributed by atoms with Crippen LogP contribution >= 0.6 is 0 Å². The van der Waals surface area contributed by atoms with Crippen LogP contribution in [0.25, 0.3) is 6.08 Å². The summed E-state index contributed by atoms with van der Waals surface area (Å²) >= 11 is 0. The summed E-state index contributed by atoms with van der Waals surface area (Å²) in [6.07, 6.45) is 7.55. The number of hydrogen-bond acceptors (Lipinski definition) is 1. The maximum absolute atomic E-state index is 6.01. The highest BCUT2D eigenvalue weighted by Crippen LogP contribution is 2.25. The van der Waals surface area contributed by atoms with Gasteiger partial charge in [0.15, 0.2) is 0 Å². The molecule has 1 nitrogen and oxygen atoms in total. The van der Waals surface area contributed by atoms with Crippen LogP contribution in [0.15, 0.2) is 48.2 Å². The second-order valence-electron chi connectivity index (χ2n) is 4.75. The Hall–Kier alpha value is -1.28. The lowest BCUT2D eigenvalue weighted by Crippen LogP contribution is -2.31. The van der Waals surface area contributed by atoms with Gasteiger partial charge in [-0.25, -0.2) is 0 Å². The minimum absolute atomic E-state index is 1.05. The Bertz CT molecular complexity index is 404. The fourth-order valence-corrected chi connectivity index (χ4v) is 3.55. The van der Waals surface area contributed by atoms with Crippen molar-refractivity contribution in [3.63, 3.8) is 0 Å². The Balaban J connectivity index is 2.05. The maximum Gasteiger partial charge on any atom is 0.245 e. The van der Waals surface area contributed by atoms with Gasteiger partial charge in [-0.05, 0) is 43.3 Å². The Labute approximate surface area is 98.6 Å². The minimum atomic E-state index is -1.41. The third-order valence-electron chi connectivity index (χ3n) is 2.73. The molecule has 1 aromatic carbocycles. The summed E-state index contributed by atoms with van der Waals surface area (Å²) in [6.45, 7) is 4.55. The molecule has 0 N–H and O–H groups in total. The van der Waals surface area contributed by atoms with Crippen molar-refractivity contribution in [3.05, 3.63) is 53.8 Å². The SMILES string of the molecule is C[Si]1(C)CCC=C(C=Cc2ccccc2)O1. The van der Waals surface area contributed by atoms with Crippen LogP contribution < -0.4 is 0 Å². The molecule has 0 amide bonds. The van der Waals surface area contributed by atoms with Gasteiger partial charge in [-0.3, -0.25) is 0 Å². The van der Waals surface area contributed by atoms with Crippen molar-refractivity contribution >= 4 is 14.4 Å². The zero-order valence-electron chi connectivity index (χ0n) is 9.94.